The Morgan fingerprint density at radius 1 is 0.946 bits per heavy atom. The number of hydrogen-bond acceptors (Lipinski definition) is 5. The van der Waals surface area contributed by atoms with Crippen LogP contribution in [0.15, 0.2) is 91.0 Å². The van der Waals surface area contributed by atoms with E-state index in [1.54, 1.807) is 24.3 Å². The molecule has 3 aromatic rings. The van der Waals surface area contributed by atoms with Crippen molar-refractivity contribution in [3.05, 3.63) is 96.6 Å². The van der Waals surface area contributed by atoms with Gasteiger partial charge in [-0.2, -0.15) is 0 Å². The molecule has 1 saturated heterocycles. The maximum Gasteiger partial charge on any atom is 0.338 e. The minimum Gasteiger partial charge on any atom is -0.451 e. The highest BCUT2D eigenvalue weighted by Gasteiger charge is 2.52. The van der Waals surface area contributed by atoms with Gasteiger partial charge in [-0.05, 0) is 40.4 Å². The largest absolute Gasteiger partial charge is 0.451 e. The van der Waals surface area contributed by atoms with Gasteiger partial charge in [-0.25, -0.2) is 4.79 Å². The van der Waals surface area contributed by atoms with Gasteiger partial charge < -0.3 is 13.9 Å². The fourth-order valence-electron chi connectivity index (χ4n) is 5.23. The number of aldehydes is 1. The summed E-state index contributed by atoms with van der Waals surface area (Å²) in [5.41, 5.74) is 0.416. The Labute approximate surface area is 220 Å². The molecule has 0 bridgehead atoms. The van der Waals surface area contributed by atoms with Crippen molar-refractivity contribution >= 4 is 30.9 Å². The Morgan fingerprint density at radius 3 is 2.00 bits per heavy atom. The van der Waals surface area contributed by atoms with Crippen LogP contribution in [0.2, 0.25) is 5.04 Å². The molecule has 3 aromatic carbocycles. The molecule has 0 N–H and O–H groups in total. The lowest BCUT2D eigenvalue weighted by molar-refractivity contribution is -0.122. The molecule has 1 fully saturated rings. The summed E-state index contributed by atoms with van der Waals surface area (Å²) in [5.74, 6) is -0.516. The molecule has 1 aliphatic rings. The van der Waals surface area contributed by atoms with E-state index in [-0.39, 0.29) is 23.7 Å². The van der Waals surface area contributed by atoms with E-state index in [0.717, 1.165) is 12.8 Å². The van der Waals surface area contributed by atoms with E-state index in [4.69, 9.17) is 13.9 Å². The minimum absolute atomic E-state index is 0.179. The highest BCUT2D eigenvalue weighted by molar-refractivity contribution is 6.99. The van der Waals surface area contributed by atoms with Crippen molar-refractivity contribution < 1.29 is 23.5 Å². The lowest BCUT2D eigenvalue weighted by Crippen LogP contribution is -2.68. The minimum atomic E-state index is -2.80. The van der Waals surface area contributed by atoms with Crippen LogP contribution in [0.1, 0.15) is 50.4 Å². The molecule has 0 saturated carbocycles. The zero-order chi connectivity index (χ0) is 26.3. The van der Waals surface area contributed by atoms with Crippen LogP contribution in [0.4, 0.5) is 0 Å². The number of rotatable bonds is 9. The SMILES string of the molecule is CC(C)(C)[Si](O[C@@H]1CCCO[C@@H]1C[C@@H](C=O)OC(=O)c1ccccc1)(c1ccccc1)c1ccccc1. The normalized spacial score (nSPS) is 19.1. The molecule has 0 aliphatic carbocycles. The first-order valence-electron chi connectivity index (χ1n) is 13.0. The number of esters is 1. The van der Waals surface area contributed by atoms with Crippen LogP contribution in [-0.4, -0.2) is 45.5 Å². The van der Waals surface area contributed by atoms with E-state index in [2.05, 4.69) is 69.3 Å². The second-order valence-electron chi connectivity index (χ2n) is 10.6. The van der Waals surface area contributed by atoms with Crippen molar-refractivity contribution in [2.45, 2.75) is 63.4 Å². The first-order valence-corrected chi connectivity index (χ1v) is 14.9. The summed E-state index contributed by atoms with van der Waals surface area (Å²) < 4.78 is 19.1. The topological polar surface area (TPSA) is 61.8 Å². The van der Waals surface area contributed by atoms with E-state index in [9.17, 15) is 9.59 Å². The quantitative estimate of drug-likeness (QED) is 0.229. The zero-order valence-corrected chi connectivity index (χ0v) is 22.8. The molecule has 37 heavy (non-hydrogen) atoms. The fraction of sp³-hybridized carbons (Fsp3) is 0.355. The average Bonchev–Trinajstić information content (AvgIpc) is 2.92. The van der Waals surface area contributed by atoms with Crippen LogP contribution < -0.4 is 10.4 Å². The van der Waals surface area contributed by atoms with E-state index in [0.29, 0.717) is 18.5 Å². The molecular formula is C31H36O5Si. The molecule has 3 atom stereocenters. The molecule has 1 heterocycles. The van der Waals surface area contributed by atoms with Gasteiger partial charge in [-0.15, -0.1) is 0 Å². The predicted molar refractivity (Wildman–Crippen MR) is 148 cm³/mol. The Bertz CT molecular complexity index is 1100. The lowest BCUT2D eigenvalue weighted by Gasteiger charge is -2.47. The van der Waals surface area contributed by atoms with Crippen LogP contribution in [-0.2, 0) is 18.7 Å². The molecule has 0 unspecified atom stereocenters. The fourth-order valence-corrected chi connectivity index (χ4v) is 9.96. The Morgan fingerprint density at radius 2 is 1.49 bits per heavy atom. The summed E-state index contributed by atoms with van der Waals surface area (Å²) in [6.07, 6.45) is 1.11. The van der Waals surface area contributed by atoms with Crippen LogP contribution in [0, 0.1) is 0 Å². The Kier molecular flexibility index (Phi) is 8.74. The summed E-state index contributed by atoms with van der Waals surface area (Å²) in [7, 11) is -2.80. The van der Waals surface area contributed by atoms with Crippen LogP contribution in [0.5, 0.6) is 0 Å². The van der Waals surface area contributed by atoms with Crippen molar-refractivity contribution in [1.29, 1.82) is 0 Å². The molecular weight excluding hydrogens is 480 g/mol. The van der Waals surface area contributed by atoms with Gasteiger partial charge in [0.1, 0.15) is 0 Å². The van der Waals surface area contributed by atoms with E-state index in [1.165, 1.54) is 10.4 Å². The molecule has 6 heteroatoms. The first-order chi connectivity index (χ1) is 17.8. The maximum absolute atomic E-state index is 12.6. The zero-order valence-electron chi connectivity index (χ0n) is 21.8. The third-order valence-electron chi connectivity index (χ3n) is 7.01. The highest BCUT2D eigenvalue weighted by Crippen LogP contribution is 2.39. The van der Waals surface area contributed by atoms with Gasteiger partial charge in [0.15, 0.2) is 12.4 Å². The molecule has 4 rings (SSSR count). The molecule has 5 nitrogen and oxygen atoms in total. The van der Waals surface area contributed by atoms with Crippen molar-refractivity contribution in [2.75, 3.05) is 6.61 Å². The molecule has 0 amide bonds. The number of carbonyl (C=O) groups is 2. The standard InChI is InChI=1S/C31H36O5Si/c1-31(2,3)37(26-16-9-5-10-17-26,27-18-11-6-12-19-27)36-28-20-13-21-34-29(28)22-25(23-32)35-30(33)24-14-7-4-8-15-24/h4-12,14-19,23,25,28-29H,13,20-22H2,1-3H3/t25-,28+,29+/m0/s1. The number of hydrogen-bond donors (Lipinski definition) is 0. The number of carbonyl (C=O) groups excluding carboxylic acids is 2. The molecule has 0 aromatic heterocycles. The van der Waals surface area contributed by atoms with Gasteiger partial charge >= 0.3 is 5.97 Å². The summed E-state index contributed by atoms with van der Waals surface area (Å²) >= 11 is 0. The summed E-state index contributed by atoms with van der Waals surface area (Å²) in [6, 6.07) is 29.7. The van der Waals surface area contributed by atoms with Gasteiger partial charge in [0.05, 0.1) is 17.8 Å². The van der Waals surface area contributed by atoms with Crippen LogP contribution in [0.25, 0.3) is 0 Å². The molecule has 0 radical (unpaired) electrons. The monoisotopic (exact) mass is 516 g/mol. The molecule has 194 valence electrons. The summed E-state index contributed by atoms with van der Waals surface area (Å²) in [4.78, 5) is 24.6. The second kappa shape index (κ2) is 12.0. The van der Waals surface area contributed by atoms with Crippen molar-refractivity contribution in [2.24, 2.45) is 0 Å². The van der Waals surface area contributed by atoms with Gasteiger partial charge in [0, 0.05) is 13.0 Å². The smallest absolute Gasteiger partial charge is 0.338 e. The van der Waals surface area contributed by atoms with Gasteiger partial charge in [0.2, 0.25) is 0 Å². The van der Waals surface area contributed by atoms with Gasteiger partial charge in [0.25, 0.3) is 8.32 Å². The molecule has 1 aliphatic heterocycles. The van der Waals surface area contributed by atoms with E-state index in [1.807, 2.05) is 18.2 Å². The lowest BCUT2D eigenvalue weighted by atomic mass is 10.0. The van der Waals surface area contributed by atoms with Crippen molar-refractivity contribution in [3.63, 3.8) is 0 Å². The third kappa shape index (κ3) is 6.09. The first kappa shape index (κ1) is 27.0. The van der Waals surface area contributed by atoms with Crippen molar-refractivity contribution in [3.8, 4) is 0 Å². The number of benzene rings is 3. The Hall–Kier alpha value is -3.06. The third-order valence-corrected chi connectivity index (χ3v) is 12.1. The summed E-state index contributed by atoms with van der Waals surface area (Å²) in [6.45, 7) is 7.32. The molecule has 0 spiro atoms. The average molecular weight is 517 g/mol. The van der Waals surface area contributed by atoms with Crippen LogP contribution >= 0.6 is 0 Å². The van der Waals surface area contributed by atoms with Crippen molar-refractivity contribution in [1.82, 2.24) is 0 Å². The highest BCUT2D eigenvalue weighted by atomic mass is 28.4. The predicted octanol–water partition coefficient (Wildman–Crippen LogP) is 4.93. The maximum atomic E-state index is 12.6. The summed E-state index contributed by atoms with van der Waals surface area (Å²) in [5, 5.41) is 2.21. The number of ether oxygens (including phenoxy) is 2. The van der Waals surface area contributed by atoms with Crippen LogP contribution in [0.3, 0.4) is 0 Å². The van der Waals surface area contributed by atoms with Gasteiger partial charge in [-0.1, -0.05) is 99.6 Å². The Balaban J connectivity index is 1.64. The van der Waals surface area contributed by atoms with E-state index < -0.39 is 20.4 Å². The van der Waals surface area contributed by atoms with Gasteiger partial charge in [-0.3, -0.25) is 4.79 Å². The van der Waals surface area contributed by atoms with E-state index >= 15 is 0 Å². The second-order valence-corrected chi connectivity index (χ2v) is 14.8.